The van der Waals surface area contributed by atoms with E-state index >= 15 is 0 Å². The highest BCUT2D eigenvalue weighted by molar-refractivity contribution is 7.11. The van der Waals surface area contributed by atoms with Crippen LogP contribution in [-0.2, 0) is 9.53 Å². The lowest BCUT2D eigenvalue weighted by molar-refractivity contribution is -0.133. The zero-order chi connectivity index (χ0) is 15.4. The molecule has 0 spiro atoms. The molecule has 0 aliphatic rings. The van der Waals surface area contributed by atoms with Gasteiger partial charge in [-0.3, -0.25) is 0 Å². The van der Waals surface area contributed by atoms with E-state index in [2.05, 4.69) is 31.0 Å². The van der Waals surface area contributed by atoms with Crippen LogP contribution < -0.4 is 0 Å². The predicted molar refractivity (Wildman–Crippen MR) is 87.3 cm³/mol. The molecule has 0 bridgehead atoms. The van der Waals surface area contributed by atoms with Gasteiger partial charge in [-0.25, -0.2) is 9.78 Å². The Morgan fingerprint density at radius 3 is 2.43 bits per heavy atom. The summed E-state index contributed by atoms with van der Waals surface area (Å²) in [5.41, 5.74) is 3.64. The van der Waals surface area contributed by atoms with Gasteiger partial charge in [-0.2, -0.15) is 0 Å². The lowest BCUT2D eigenvalue weighted by Gasteiger charge is -2.06. The number of rotatable bonds is 4. The Hall–Kier alpha value is -1.94. The number of aromatic nitrogens is 1. The highest BCUT2D eigenvalue weighted by atomic mass is 32.1. The number of esters is 1. The van der Waals surface area contributed by atoms with Crippen LogP contribution in [0.5, 0.6) is 0 Å². The molecule has 0 fully saturated rings. The Kier molecular flexibility index (Phi) is 4.91. The van der Waals surface area contributed by atoms with E-state index in [4.69, 9.17) is 4.74 Å². The van der Waals surface area contributed by atoms with Crippen molar-refractivity contribution in [3.05, 3.63) is 51.5 Å². The first-order chi connectivity index (χ1) is 10.0. The van der Waals surface area contributed by atoms with Crippen molar-refractivity contribution in [1.82, 2.24) is 4.98 Å². The van der Waals surface area contributed by atoms with Gasteiger partial charge in [0.15, 0.2) is 0 Å². The number of methoxy groups -OCH3 is 1. The molecule has 1 heterocycles. The lowest BCUT2D eigenvalue weighted by Crippen LogP contribution is -2.03. The summed E-state index contributed by atoms with van der Waals surface area (Å²) in [4.78, 5) is 16.3. The SMILES string of the molecule is COC(=O)/C(=C\c1ccc(C(C)C)cc1)c1nc(C)cs1. The second-order valence-corrected chi connectivity index (χ2v) is 6.02. The van der Waals surface area contributed by atoms with E-state index in [1.807, 2.05) is 30.5 Å². The Balaban J connectivity index is 2.38. The minimum Gasteiger partial charge on any atom is -0.465 e. The summed E-state index contributed by atoms with van der Waals surface area (Å²) in [6, 6.07) is 8.19. The fourth-order valence-electron chi connectivity index (χ4n) is 1.94. The van der Waals surface area contributed by atoms with Gasteiger partial charge in [-0.15, -0.1) is 11.3 Å². The van der Waals surface area contributed by atoms with Crippen LogP contribution in [-0.4, -0.2) is 18.1 Å². The number of hydrogen-bond acceptors (Lipinski definition) is 4. The predicted octanol–water partition coefficient (Wildman–Crippen LogP) is 4.29. The molecule has 1 aromatic carbocycles. The molecule has 0 aliphatic carbocycles. The Bertz CT molecular complexity index is 654. The van der Waals surface area contributed by atoms with Crippen LogP contribution in [0.4, 0.5) is 0 Å². The average molecular weight is 301 g/mol. The van der Waals surface area contributed by atoms with Crippen molar-refractivity contribution in [2.75, 3.05) is 7.11 Å². The summed E-state index contributed by atoms with van der Waals surface area (Å²) in [6.45, 7) is 6.22. The second kappa shape index (κ2) is 6.68. The van der Waals surface area contributed by atoms with Crippen molar-refractivity contribution in [3.63, 3.8) is 0 Å². The molecule has 110 valence electrons. The first-order valence-corrected chi connectivity index (χ1v) is 7.71. The summed E-state index contributed by atoms with van der Waals surface area (Å²) in [5.74, 6) is 0.127. The smallest absolute Gasteiger partial charge is 0.340 e. The number of aryl methyl sites for hydroxylation is 1. The van der Waals surface area contributed by atoms with Crippen molar-refractivity contribution >= 4 is 29.0 Å². The third-order valence-electron chi connectivity index (χ3n) is 3.17. The van der Waals surface area contributed by atoms with Crippen LogP contribution >= 0.6 is 11.3 Å². The molecule has 1 aromatic heterocycles. The molecule has 2 aromatic rings. The molecular formula is C17H19NO2S. The van der Waals surface area contributed by atoms with Crippen molar-refractivity contribution in [2.45, 2.75) is 26.7 Å². The summed E-state index contributed by atoms with van der Waals surface area (Å²) < 4.78 is 4.87. The quantitative estimate of drug-likeness (QED) is 0.624. The van der Waals surface area contributed by atoms with E-state index in [0.717, 1.165) is 11.3 Å². The van der Waals surface area contributed by atoms with Crippen molar-refractivity contribution in [2.24, 2.45) is 0 Å². The fraction of sp³-hybridized carbons (Fsp3) is 0.294. The van der Waals surface area contributed by atoms with Gasteiger partial charge in [0, 0.05) is 11.1 Å². The minimum atomic E-state index is -0.364. The summed E-state index contributed by atoms with van der Waals surface area (Å²) >= 11 is 1.45. The molecular weight excluding hydrogens is 282 g/mol. The maximum atomic E-state index is 12.0. The molecule has 0 amide bonds. The summed E-state index contributed by atoms with van der Waals surface area (Å²) in [5, 5.41) is 2.61. The number of nitrogens with zero attached hydrogens (tertiary/aromatic N) is 1. The van der Waals surface area contributed by atoms with Crippen LogP contribution in [0, 0.1) is 6.92 Å². The molecule has 0 unspecified atom stereocenters. The van der Waals surface area contributed by atoms with Crippen LogP contribution in [0.1, 0.15) is 41.6 Å². The maximum Gasteiger partial charge on any atom is 0.340 e. The standard InChI is InChI=1S/C17H19NO2S/c1-11(2)14-7-5-13(6-8-14)9-15(17(19)20-4)16-18-12(3)10-21-16/h5-11H,1-4H3/b15-9-. The number of carbonyl (C=O) groups is 1. The average Bonchev–Trinajstić information content (AvgIpc) is 2.90. The van der Waals surface area contributed by atoms with Gasteiger partial charge in [-0.05, 0) is 30.0 Å². The van der Waals surface area contributed by atoms with Crippen molar-refractivity contribution < 1.29 is 9.53 Å². The topological polar surface area (TPSA) is 39.2 Å². The monoisotopic (exact) mass is 301 g/mol. The molecule has 0 saturated heterocycles. The van der Waals surface area contributed by atoms with E-state index in [1.165, 1.54) is 24.0 Å². The largest absolute Gasteiger partial charge is 0.465 e. The number of hydrogen-bond donors (Lipinski definition) is 0. The zero-order valence-corrected chi connectivity index (χ0v) is 13.5. The number of ether oxygens (including phenoxy) is 1. The van der Waals surface area contributed by atoms with E-state index in [9.17, 15) is 4.79 Å². The van der Waals surface area contributed by atoms with Crippen LogP contribution in [0.15, 0.2) is 29.6 Å². The molecule has 2 rings (SSSR count). The van der Waals surface area contributed by atoms with Crippen molar-refractivity contribution in [1.29, 1.82) is 0 Å². The van der Waals surface area contributed by atoms with Crippen LogP contribution in [0.3, 0.4) is 0 Å². The van der Waals surface area contributed by atoms with E-state index in [-0.39, 0.29) is 5.97 Å². The highest BCUT2D eigenvalue weighted by Crippen LogP contribution is 2.24. The molecule has 0 saturated carbocycles. The van der Waals surface area contributed by atoms with Gasteiger partial charge >= 0.3 is 5.97 Å². The van der Waals surface area contributed by atoms with Crippen LogP contribution in [0.25, 0.3) is 11.6 Å². The van der Waals surface area contributed by atoms with E-state index in [1.54, 1.807) is 0 Å². The Morgan fingerprint density at radius 2 is 1.95 bits per heavy atom. The molecule has 0 aliphatic heterocycles. The summed E-state index contributed by atoms with van der Waals surface area (Å²) in [7, 11) is 1.39. The van der Waals surface area contributed by atoms with Gasteiger partial charge in [-0.1, -0.05) is 38.1 Å². The van der Waals surface area contributed by atoms with Crippen LogP contribution in [0.2, 0.25) is 0 Å². The molecule has 4 heteroatoms. The van der Waals surface area contributed by atoms with Gasteiger partial charge in [0.1, 0.15) is 5.01 Å². The first kappa shape index (κ1) is 15.4. The minimum absolute atomic E-state index is 0.364. The van der Waals surface area contributed by atoms with Gasteiger partial charge in [0.05, 0.1) is 12.7 Å². The maximum absolute atomic E-state index is 12.0. The normalized spacial score (nSPS) is 11.8. The van der Waals surface area contributed by atoms with Crippen molar-refractivity contribution in [3.8, 4) is 0 Å². The number of benzene rings is 1. The van der Waals surface area contributed by atoms with E-state index in [0.29, 0.717) is 16.5 Å². The Morgan fingerprint density at radius 1 is 1.29 bits per heavy atom. The zero-order valence-electron chi connectivity index (χ0n) is 12.7. The molecule has 3 nitrogen and oxygen atoms in total. The Labute approximate surface area is 129 Å². The summed E-state index contributed by atoms with van der Waals surface area (Å²) in [6.07, 6.45) is 1.83. The first-order valence-electron chi connectivity index (χ1n) is 6.83. The third kappa shape index (κ3) is 3.79. The van der Waals surface area contributed by atoms with Gasteiger partial charge in [0.2, 0.25) is 0 Å². The second-order valence-electron chi connectivity index (χ2n) is 5.17. The molecule has 0 radical (unpaired) electrons. The molecule has 0 N–H and O–H groups in total. The molecule has 21 heavy (non-hydrogen) atoms. The number of thiazole rings is 1. The highest BCUT2D eigenvalue weighted by Gasteiger charge is 2.15. The fourth-order valence-corrected chi connectivity index (χ4v) is 2.74. The van der Waals surface area contributed by atoms with Gasteiger partial charge in [0.25, 0.3) is 0 Å². The third-order valence-corrected chi connectivity index (χ3v) is 4.16. The van der Waals surface area contributed by atoms with E-state index < -0.39 is 0 Å². The molecule has 0 atom stereocenters. The lowest BCUT2D eigenvalue weighted by atomic mass is 10.0. The number of carbonyl (C=O) groups excluding carboxylic acids is 1. The van der Waals surface area contributed by atoms with Gasteiger partial charge < -0.3 is 4.74 Å².